The summed E-state index contributed by atoms with van der Waals surface area (Å²) in [6.07, 6.45) is -0.00791. The SMILES string of the molecule is CC(C)NCC(=O)OC1COC1. The van der Waals surface area contributed by atoms with Crippen molar-refractivity contribution >= 4 is 5.97 Å². The molecule has 0 aromatic rings. The van der Waals surface area contributed by atoms with Crippen molar-refractivity contribution in [1.82, 2.24) is 5.32 Å². The third kappa shape index (κ3) is 3.19. The van der Waals surface area contributed by atoms with Crippen LogP contribution in [-0.4, -0.2) is 37.9 Å². The predicted molar refractivity (Wildman–Crippen MR) is 43.8 cm³/mol. The molecule has 0 unspecified atom stereocenters. The van der Waals surface area contributed by atoms with Crippen molar-refractivity contribution in [2.24, 2.45) is 0 Å². The molecule has 1 aliphatic rings. The first-order chi connectivity index (χ1) is 5.68. The summed E-state index contributed by atoms with van der Waals surface area (Å²) in [7, 11) is 0. The van der Waals surface area contributed by atoms with Gasteiger partial charge in [-0.05, 0) is 0 Å². The molecule has 1 heterocycles. The van der Waals surface area contributed by atoms with Crippen molar-refractivity contribution in [1.29, 1.82) is 0 Å². The van der Waals surface area contributed by atoms with Gasteiger partial charge in [0.25, 0.3) is 0 Å². The fourth-order valence-corrected chi connectivity index (χ4v) is 0.797. The van der Waals surface area contributed by atoms with E-state index < -0.39 is 0 Å². The Bertz CT molecular complexity index is 154. The standard InChI is InChI=1S/C8H15NO3/c1-6(2)9-3-8(10)12-7-4-11-5-7/h6-7,9H,3-5H2,1-2H3. The minimum atomic E-state index is -0.197. The fourth-order valence-electron chi connectivity index (χ4n) is 0.797. The largest absolute Gasteiger partial charge is 0.456 e. The van der Waals surface area contributed by atoms with Crippen LogP contribution in [0.5, 0.6) is 0 Å². The maximum atomic E-state index is 11.0. The van der Waals surface area contributed by atoms with E-state index in [1.165, 1.54) is 0 Å². The number of rotatable bonds is 4. The summed E-state index contributed by atoms with van der Waals surface area (Å²) in [6.45, 7) is 5.36. The fraction of sp³-hybridized carbons (Fsp3) is 0.875. The molecule has 0 radical (unpaired) electrons. The van der Waals surface area contributed by atoms with Gasteiger partial charge in [0.15, 0.2) is 0 Å². The lowest BCUT2D eigenvalue weighted by Crippen LogP contribution is -2.40. The van der Waals surface area contributed by atoms with E-state index in [0.29, 0.717) is 19.3 Å². The van der Waals surface area contributed by atoms with Gasteiger partial charge in [-0.1, -0.05) is 13.8 Å². The number of carbonyl (C=O) groups is 1. The van der Waals surface area contributed by atoms with E-state index in [9.17, 15) is 4.79 Å². The van der Waals surface area contributed by atoms with Crippen molar-refractivity contribution in [3.05, 3.63) is 0 Å². The summed E-state index contributed by atoms with van der Waals surface area (Å²) >= 11 is 0. The molecule has 0 saturated carbocycles. The zero-order valence-electron chi connectivity index (χ0n) is 7.50. The number of esters is 1. The van der Waals surface area contributed by atoms with E-state index in [0.717, 1.165) is 0 Å². The second kappa shape index (κ2) is 4.42. The van der Waals surface area contributed by atoms with Crippen LogP contribution in [0.15, 0.2) is 0 Å². The molecule has 1 rings (SSSR count). The molecule has 1 fully saturated rings. The molecule has 0 atom stereocenters. The van der Waals surface area contributed by atoms with Gasteiger partial charge in [-0.2, -0.15) is 0 Å². The Kier molecular flexibility index (Phi) is 3.49. The molecule has 4 nitrogen and oxygen atoms in total. The Balaban J connectivity index is 2.03. The lowest BCUT2D eigenvalue weighted by molar-refractivity contribution is -0.171. The molecule has 4 heteroatoms. The Morgan fingerprint density at radius 3 is 2.75 bits per heavy atom. The Morgan fingerprint density at radius 2 is 2.33 bits per heavy atom. The van der Waals surface area contributed by atoms with Gasteiger partial charge in [0, 0.05) is 6.04 Å². The molecule has 1 N–H and O–H groups in total. The molecular weight excluding hydrogens is 158 g/mol. The van der Waals surface area contributed by atoms with Gasteiger partial charge >= 0.3 is 5.97 Å². The Morgan fingerprint density at radius 1 is 1.67 bits per heavy atom. The second-order valence-corrected chi connectivity index (χ2v) is 3.18. The Hall–Kier alpha value is -0.610. The molecule has 0 amide bonds. The third-order valence-corrected chi connectivity index (χ3v) is 1.56. The van der Waals surface area contributed by atoms with Crippen molar-refractivity contribution in [2.45, 2.75) is 26.0 Å². The van der Waals surface area contributed by atoms with Crippen LogP contribution in [0.4, 0.5) is 0 Å². The van der Waals surface area contributed by atoms with E-state index in [1.807, 2.05) is 13.8 Å². The molecule has 1 saturated heterocycles. The van der Waals surface area contributed by atoms with Gasteiger partial charge in [0.2, 0.25) is 0 Å². The average molecular weight is 173 g/mol. The van der Waals surface area contributed by atoms with Crippen LogP contribution in [0.25, 0.3) is 0 Å². The molecule has 0 spiro atoms. The summed E-state index contributed by atoms with van der Waals surface area (Å²) in [5.74, 6) is -0.197. The predicted octanol–water partition coefficient (Wildman–Crippen LogP) is -0.0736. The number of nitrogens with one attached hydrogen (secondary N) is 1. The molecule has 1 aliphatic heterocycles. The van der Waals surface area contributed by atoms with E-state index in [1.54, 1.807) is 0 Å². The van der Waals surface area contributed by atoms with E-state index >= 15 is 0 Å². The van der Waals surface area contributed by atoms with Gasteiger partial charge < -0.3 is 14.8 Å². The molecule has 0 aromatic heterocycles. The molecular formula is C8H15NO3. The van der Waals surface area contributed by atoms with Crippen LogP contribution in [0, 0.1) is 0 Å². The van der Waals surface area contributed by atoms with E-state index in [2.05, 4.69) is 5.32 Å². The highest BCUT2D eigenvalue weighted by atomic mass is 16.6. The molecule has 0 aliphatic carbocycles. The summed E-state index contributed by atoms with van der Waals surface area (Å²) in [5, 5.41) is 2.98. The maximum absolute atomic E-state index is 11.0. The highest BCUT2D eigenvalue weighted by Gasteiger charge is 2.22. The minimum Gasteiger partial charge on any atom is -0.456 e. The zero-order chi connectivity index (χ0) is 8.97. The lowest BCUT2D eigenvalue weighted by Gasteiger charge is -2.25. The highest BCUT2D eigenvalue weighted by molar-refractivity contribution is 5.71. The van der Waals surface area contributed by atoms with Crippen LogP contribution >= 0.6 is 0 Å². The highest BCUT2D eigenvalue weighted by Crippen LogP contribution is 2.04. The lowest BCUT2D eigenvalue weighted by atomic mass is 10.3. The maximum Gasteiger partial charge on any atom is 0.320 e. The summed E-state index contributed by atoms with van der Waals surface area (Å²) in [4.78, 5) is 11.0. The van der Waals surface area contributed by atoms with Gasteiger partial charge in [-0.3, -0.25) is 4.79 Å². The van der Waals surface area contributed by atoms with Crippen LogP contribution in [0.3, 0.4) is 0 Å². The van der Waals surface area contributed by atoms with Crippen molar-refractivity contribution in [3.8, 4) is 0 Å². The van der Waals surface area contributed by atoms with Gasteiger partial charge in [0.05, 0.1) is 19.8 Å². The van der Waals surface area contributed by atoms with E-state index in [4.69, 9.17) is 9.47 Å². The normalized spacial score (nSPS) is 17.6. The van der Waals surface area contributed by atoms with Crippen LogP contribution < -0.4 is 5.32 Å². The molecule has 70 valence electrons. The Labute approximate surface area is 72.2 Å². The van der Waals surface area contributed by atoms with Crippen molar-refractivity contribution in [2.75, 3.05) is 19.8 Å². The molecule has 0 aromatic carbocycles. The number of hydrogen-bond acceptors (Lipinski definition) is 4. The first-order valence-electron chi connectivity index (χ1n) is 4.19. The second-order valence-electron chi connectivity index (χ2n) is 3.18. The number of hydrogen-bond donors (Lipinski definition) is 1. The van der Waals surface area contributed by atoms with Crippen LogP contribution in [0.1, 0.15) is 13.8 Å². The van der Waals surface area contributed by atoms with Gasteiger partial charge in [-0.25, -0.2) is 0 Å². The topological polar surface area (TPSA) is 47.6 Å². The minimum absolute atomic E-state index is 0.00791. The van der Waals surface area contributed by atoms with Crippen LogP contribution in [0.2, 0.25) is 0 Å². The average Bonchev–Trinajstić information content (AvgIpc) is 1.93. The first kappa shape index (κ1) is 9.48. The monoisotopic (exact) mass is 173 g/mol. The molecule has 12 heavy (non-hydrogen) atoms. The van der Waals surface area contributed by atoms with E-state index in [-0.39, 0.29) is 18.6 Å². The van der Waals surface area contributed by atoms with Crippen molar-refractivity contribution < 1.29 is 14.3 Å². The quantitative estimate of drug-likeness (QED) is 0.604. The first-order valence-corrected chi connectivity index (χ1v) is 4.19. The summed E-state index contributed by atoms with van der Waals surface area (Å²) < 4.78 is 9.87. The number of carbonyl (C=O) groups excluding carboxylic acids is 1. The number of ether oxygens (including phenoxy) is 2. The third-order valence-electron chi connectivity index (χ3n) is 1.56. The van der Waals surface area contributed by atoms with Gasteiger partial charge in [-0.15, -0.1) is 0 Å². The molecule has 0 bridgehead atoms. The van der Waals surface area contributed by atoms with Gasteiger partial charge in [0.1, 0.15) is 6.10 Å². The summed E-state index contributed by atoms with van der Waals surface area (Å²) in [5.41, 5.74) is 0. The summed E-state index contributed by atoms with van der Waals surface area (Å²) in [6, 6.07) is 0.315. The van der Waals surface area contributed by atoms with Crippen LogP contribution in [-0.2, 0) is 14.3 Å². The smallest absolute Gasteiger partial charge is 0.320 e. The zero-order valence-corrected chi connectivity index (χ0v) is 7.50. The van der Waals surface area contributed by atoms with Crippen molar-refractivity contribution in [3.63, 3.8) is 0 Å².